The number of rotatable bonds is 4. The standard InChI is InChI=1S/C10H8N6O5/c11-10(13-17)8-3-6(15(18)19)1-2-9(8)14-5-7(4-12-14)16(20)21/h1-5,17H,(H2,11,13). The summed E-state index contributed by atoms with van der Waals surface area (Å²) in [5.41, 5.74) is 5.15. The second kappa shape index (κ2) is 5.24. The first-order valence-corrected chi connectivity index (χ1v) is 5.40. The zero-order valence-electron chi connectivity index (χ0n) is 10.3. The van der Waals surface area contributed by atoms with Gasteiger partial charge in [0.25, 0.3) is 5.69 Å². The van der Waals surface area contributed by atoms with E-state index in [1.54, 1.807) is 0 Å². The van der Waals surface area contributed by atoms with Gasteiger partial charge < -0.3 is 10.9 Å². The molecule has 0 amide bonds. The number of hydrogen-bond donors (Lipinski definition) is 2. The van der Waals surface area contributed by atoms with Crippen molar-refractivity contribution in [3.8, 4) is 5.69 Å². The highest BCUT2D eigenvalue weighted by Gasteiger charge is 2.18. The fourth-order valence-corrected chi connectivity index (χ4v) is 1.64. The Morgan fingerprint density at radius 2 is 1.95 bits per heavy atom. The van der Waals surface area contributed by atoms with Crippen molar-refractivity contribution in [3.05, 3.63) is 56.4 Å². The van der Waals surface area contributed by atoms with Gasteiger partial charge >= 0.3 is 5.69 Å². The third-order valence-electron chi connectivity index (χ3n) is 2.60. The molecule has 1 aromatic heterocycles. The van der Waals surface area contributed by atoms with Crippen LogP contribution in [-0.4, -0.2) is 30.7 Å². The number of aromatic nitrogens is 2. The van der Waals surface area contributed by atoms with E-state index in [2.05, 4.69) is 10.3 Å². The Kier molecular flexibility index (Phi) is 3.47. The van der Waals surface area contributed by atoms with Gasteiger partial charge in [-0.3, -0.25) is 20.2 Å². The predicted molar refractivity (Wildman–Crippen MR) is 69.4 cm³/mol. The highest BCUT2D eigenvalue weighted by atomic mass is 16.6. The van der Waals surface area contributed by atoms with E-state index in [9.17, 15) is 20.2 Å². The normalized spacial score (nSPS) is 11.3. The van der Waals surface area contributed by atoms with Gasteiger partial charge in [0, 0.05) is 12.1 Å². The largest absolute Gasteiger partial charge is 0.409 e. The summed E-state index contributed by atoms with van der Waals surface area (Å²) in [7, 11) is 0. The molecule has 0 aliphatic heterocycles. The summed E-state index contributed by atoms with van der Waals surface area (Å²) in [4.78, 5) is 20.1. The Morgan fingerprint density at radius 3 is 2.48 bits per heavy atom. The van der Waals surface area contributed by atoms with Crippen molar-refractivity contribution in [2.45, 2.75) is 0 Å². The third kappa shape index (κ3) is 2.60. The SMILES string of the molecule is N/C(=N/O)c1cc([N+](=O)[O-])ccc1-n1cc([N+](=O)[O-])cn1. The highest BCUT2D eigenvalue weighted by Crippen LogP contribution is 2.22. The van der Waals surface area contributed by atoms with Gasteiger partial charge in [0.2, 0.25) is 0 Å². The Morgan fingerprint density at radius 1 is 1.29 bits per heavy atom. The smallest absolute Gasteiger partial charge is 0.307 e. The van der Waals surface area contributed by atoms with E-state index in [4.69, 9.17) is 10.9 Å². The summed E-state index contributed by atoms with van der Waals surface area (Å²) in [6, 6.07) is 3.55. The van der Waals surface area contributed by atoms with Gasteiger partial charge in [0.05, 0.1) is 21.1 Å². The van der Waals surface area contributed by atoms with Crippen LogP contribution in [0.4, 0.5) is 11.4 Å². The number of benzene rings is 1. The van der Waals surface area contributed by atoms with Crippen LogP contribution in [0.25, 0.3) is 5.69 Å². The summed E-state index contributed by atoms with van der Waals surface area (Å²) in [6.45, 7) is 0. The molecule has 0 aliphatic carbocycles. The second-order valence-electron chi connectivity index (χ2n) is 3.84. The molecule has 1 aromatic carbocycles. The molecule has 0 radical (unpaired) electrons. The molecular formula is C10H8N6O5. The van der Waals surface area contributed by atoms with Gasteiger partial charge in [-0.2, -0.15) is 5.10 Å². The van der Waals surface area contributed by atoms with Crippen molar-refractivity contribution in [1.82, 2.24) is 9.78 Å². The van der Waals surface area contributed by atoms with Crippen LogP contribution < -0.4 is 5.73 Å². The van der Waals surface area contributed by atoms with Crippen molar-refractivity contribution in [2.75, 3.05) is 0 Å². The zero-order valence-corrected chi connectivity index (χ0v) is 10.3. The van der Waals surface area contributed by atoms with E-state index < -0.39 is 9.85 Å². The Balaban J connectivity index is 2.61. The molecule has 11 heteroatoms. The van der Waals surface area contributed by atoms with Crippen molar-refractivity contribution >= 4 is 17.2 Å². The number of nitro benzene ring substituents is 1. The number of nitrogens with zero attached hydrogens (tertiary/aromatic N) is 5. The lowest BCUT2D eigenvalue weighted by molar-refractivity contribution is -0.385. The monoisotopic (exact) mass is 292 g/mol. The van der Waals surface area contributed by atoms with Crippen molar-refractivity contribution in [3.63, 3.8) is 0 Å². The second-order valence-corrected chi connectivity index (χ2v) is 3.84. The first-order chi connectivity index (χ1) is 9.93. The number of amidine groups is 1. The molecule has 11 nitrogen and oxygen atoms in total. The van der Waals surface area contributed by atoms with Crippen LogP contribution in [0.3, 0.4) is 0 Å². The molecule has 1 heterocycles. The Bertz CT molecular complexity index is 752. The summed E-state index contributed by atoms with van der Waals surface area (Å²) < 4.78 is 1.11. The number of non-ortho nitro benzene ring substituents is 1. The summed E-state index contributed by atoms with van der Waals surface area (Å²) >= 11 is 0. The van der Waals surface area contributed by atoms with E-state index >= 15 is 0 Å². The van der Waals surface area contributed by atoms with Gasteiger partial charge in [-0.15, -0.1) is 0 Å². The van der Waals surface area contributed by atoms with Crippen LogP contribution >= 0.6 is 0 Å². The molecule has 0 saturated carbocycles. The summed E-state index contributed by atoms with van der Waals surface area (Å²) in [5.74, 6) is -0.383. The fraction of sp³-hybridized carbons (Fsp3) is 0. The maximum absolute atomic E-state index is 10.8. The molecule has 2 aromatic rings. The van der Waals surface area contributed by atoms with Crippen LogP contribution in [0.2, 0.25) is 0 Å². The first-order valence-electron chi connectivity index (χ1n) is 5.40. The average Bonchev–Trinajstić information content (AvgIpc) is 2.95. The van der Waals surface area contributed by atoms with Crippen LogP contribution in [0.1, 0.15) is 5.56 Å². The van der Waals surface area contributed by atoms with Crippen LogP contribution in [0.5, 0.6) is 0 Å². The molecule has 3 N–H and O–H groups in total. The molecule has 0 bridgehead atoms. The highest BCUT2D eigenvalue weighted by molar-refractivity contribution is 6.00. The maximum atomic E-state index is 10.8. The fourth-order valence-electron chi connectivity index (χ4n) is 1.64. The average molecular weight is 292 g/mol. The molecular weight excluding hydrogens is 284 g/mol. The Labute approximate surface area is 116 Å². The molecule has 0 fully saturated rings. The number of hydrogen-bond acceptors (Lipinski definition) is 7. The summed E-state index contributed by atoms with van der Waals surface area (Å²) in [6.07, 6.45) is 2.12. The lowest BCUT2D eigenvalue weighted by Crippen LogP contribution is -2.17. The lowest BCUT2D eigenvalue weighted by atomic mass is 10.1. The van der Waals surface area contributed by atoms with Gasteiger partial charge in [-0.25, -0.2) is 4.68 Å². The number of nitrogens with two attached hydrogens (primary N) is 1. The summed E-state index contributed by atoms with van der Waals surface area (Å²) in [5, 5.41) is 36.7. The van der Waals surface area contributed by atoms with E-state index in [-0.39, 0.29) is 28.5 Å². The number of oxime groups is 1. The van der Waals surface area contributed by atoms with Gasteiger partial charge in [-0.05, 0) is 6.07 Å². The quantitative estimate of drug-likeness (QED) is 0.276. The predicted octanol–water partition coefficient (Wildman–Crippen LogP) is 0.783. The van der Waals surface area contributed by atoms with Crippen LogP contribution in [0.15, 0.2) is 35.7 Å². The topological polar surface area (TPSA) is 163 Å². The van der Waals surface area contributed by atoms with Gasteiger partial charge in [-0.1, -0.05) is 5.16 Å². The van der Waals surface area contributed by atoms with Gasteiger partial charge in [0.1, 0.15) is 12.4 Å². The number of nitro groups is 2. The van der Waals surface area contributed by atoms with Crippen LogP contribution in [-0.2, 0) is 0 Å². The van der Waals surface area contributed by atoms with Gasteiger partial charge in [0.15, 0.2) is 5.84 Å². The van der Waals surface area contributed by atoms with Crippen molar-refractivity contribution < 1.29 is 15.1 Å². The molecule has 21 heavy (non-hydrogen) atoms. The third-order valence-corrected chi connectivity index (χ3v) is 2.60. The van der Waals surface area contributed by atoms with Crippen molar-refractivity contribution in [2.24, 2.45) is 10.9 Å². The minimum Gasteiger partial charge on any atom is -0.409 e. The molecule has 0 atom stereocenters. The van der Waals surface area contributed by atoms with E-state index in [1.165, 1.54) is 12.1 Å². The molecule has 108 valence electrons. The minimum atomic E-state index is -0.649. The molecule has 0 aliphatic rings. The molecule has 2 rings (SSSR count). The first kappa shape index (κ1) is 13.9. The molecule has 0 saturated heterocycles. The van der Waals surface area contributed by atoms with Crippen molar-refractivity contribution in [1.29, 1.82) is 0 Å². The molecule has 0 spiro atoms. The van der Waals surface area contributed by atoms with E-state index in [1.807, 2.05) is 0 Å². The maximum Gasteiger partial charge on any atom is 0.307 e. The minimum absolute atomic E-state index is 0.0182. The molecule has 0 unspecified atom stereocenters. The van der Waals surface area contributed by atoms with E-state index in [0.29, 0.717) is 0 Å². The lowest BCUT2D eigenvalue weighted by Gasteiger charge is -2.07. The van der Waals surface area contributed by atoms with E-state index in [0.717, 1.165) is 23.1 Å². The Hall–Kier alpha value is -3.50. The zero-order chi connectivity index (χ0) is 15.6. The van der Waals surface area contributed by atoms with Crippen LogP contribution in [0, 0.1) is 20.2 Å².